The average molecular weight is 341 g/mol. The number of nitrogens with zero attached hydrogens (tertiary/aromatic N) is 2. The van der Waals surface area contributed by atoms with E-state index >= 15 is 0 Å². The summed E-state index contributed by atoms with van der Waals surface area (Å²) >= 11 is 6.45. The van der Waals surface area contributed by atoms with Gasteiger partial charge in [-0.1, -0.05) is 11.6 Å². The standard InChI is InChI=1S/C18H17ClN4O/c1-10(24)20-9-14-4-12-5-16(19)15(6-17(12)23-14)13-7-21-18(22-8-13)11-2-3-11/h4-8,11,23H,2-3,9H2,1H3,(H,20,24). The predicted molar refractivity (Wildman–Crippen MR) is 93.8 cm³/mol. The number of aromatic amines is 1. The van der Waals surface area contributed by atoms with E-state index in [0.717, 1.165) is 33.5 Å². The molecule has 2 heterocycles. The normalized spacial score (nSPS) is 14.1. The van der Waals surface area contributed by atoms with E-state index in [1.54, 1.807) is 0 Å². The number of benzene rings is 1. The average Bonchev–Trinajstić information content (AvgIpc) is 3.33. The van der Waals surface area contributed by atoms with E-state index in [1.807, 2.05) is 30.6 Å². The zero-order valence-electron chi connectivity index (χ0n) is 13.3. The number of amides is 1. The van der Waals surface area contributed by atoms with Crippen LogP contribution in [0.2, 0.25) is 5.02 Å². The molecule has 1 aliphatic carbocycles. The number of rotatable bonds is 4. The van der Waals surface area contributed by atoms with Crippen molar-refractivity contribution < 1.29 is 4.79 Å². The van der Waals surface area contributed by atoms with E-state index < -0.39 is 0 Å². The summed E-state index contributed by atoms with van der Waals surface area (Å²) in [7, 11) is 0. The highest BCUT2D eigenvalue weighted by Gasteiger charge is 2.26. The third-order valence-electron chi connectivity index (χ3n) is 4.22. The van der Waals surface area contributed by atoms with Crippen molar-refractivity contribution in [1.82, 2.24) is 20.3 Å². The van der Waals surface area contributed by atoms with Gasteiger partial charge in [-0.2, -0.15) is 0 Å². The number of aromatic nitrogens is 3. The molecule has 122 valence electrons. The Morgan fingerprint density at radius 2 is 2.04 bits per heavy atom. The maximum Gasteiger partial charge on any atom is 0.217 e. The number of carbonyl (C=O) groups excluding carboxylic acids is 1. The Morgan fingerprint density at radius 1 is 1.29 bits per heavy atom. The van der Waals surface area contributed by atoms with Crippen LogP contribution in [0, 0.1) is 0 Å². The molecule has 1 aliphatic rings. The lowest BCUT2D eigenvalue weighted by molar-refractivity contribution is -0.119. The van der Waals surface area contributed by atoms with Gasteiger partial charge in [0.25, 0.3) is 0 Å². The van der Waals surface area contributed by atoms with Crippen molar-refractivity contribution in [1.29, 1.82) is 0 Å². The maximum atomic E-state index is 11.0. The first-order valence-electron chi connectivity index (χ1n) is 7.98. The van der Waals surface area contributed by atoms with E-state index in [-0.39, 0.29) is 5.91 Å². The molecule has 0 unspecified atom stereocenters. The van der Waals surface area contributed by atoms with Crippen LogP contribution in [0.5, 0.6) is 0 Å². The number of carbonyl (C=O) groups is 1. The van der Waals surface area contributed by atoms with Crippen LogP contribution in [-0.4, -0.2) is 20.9 Å². The van der Waals surface area contributed by atoms with Crippen LogP contribution in [0.1, 0.15) is 37.2 Å². The first kappa shape index (κ1) is 15.1. The predicted octanol–water partition coefficient (Wildman–Crippen LogP) is 3.79. The lowest BCUT2D eigenvalue weighted by Gasteiger charge is -2.05. The summed E-state index contributed by atoms with van der Waals surface area (Å²) in [6, 6.07) is 5.92. The van der Waals surface area contributed by atoms with Crippen molar-refractivity contribution in [2.24, 2.45) is 0 Å². The van der Waals surface area contributed by atoms with Gasteiger partial charge in [0, 0.05) is 58.0 Å². The molecular formula is C18H17ClN4O. The Labute approximate surface area is 144 Å². The van der Waals surface area contributed by atoms with Crippen LogP contribution in [-0.2, 0) is 11.3 Å². The van der Waals surface area contributed by atoms with Gasteiger partial charge in [-0.3, -0.25) is 4.79 Å². The fraction of sp³-hybridized carbons (Fsp3) is 0.278. The highest BCUT2D eigenvalue weighted by Crippen LogP contribution is 2.38. The minimum absolute atomic E-state index is 0.0553. The minimum Gasteiger partial charge on any atom is -0.357 e. The second-order valence-corrected chi connectivity index (χ2v) is 6.64. The molecule has 0 spiro atoms. The zero-order valence-corrected chi connectivity index (χ0v) is 14.0. The summed E-state index contributed by atoms with van der Waals surface area (Å²) in [5.41, 5.74) is 3.72. The molecule has 1 amide bonds. The lowest BCUT2D eigenvalue weighted by atomic mass is 10.1. The van der Waals surface area contributed by atoms with Gasteiger partial charge < -0.3 is 10.3 Å². The topological polar surface area (TPSA) is 70.7 Å². The highest BCUT2D eigenvalue weighted by atomic mass is 35.5. The van der Waals surface area contributed by atoms with Gasteiger partial charge in [0.2, 0.25) is 5.91 Å². The molecule has 0 aliphatic heterocycles. The molecule has 1 aromatic carbocycles. The van der Waals surface area contributed by atoms with Gasteiger partial charge in [-0.25, -0.2) is 9.97 Å². The molecule has 0 bridgehead atoms. The number of H-pyrrole nitrogens is 1. The molecule has 4 rings (SSSR count). The van der Waals surface area contributed by atoms with Crippen molar-refractivity contribution >= 4 is 28.4 Å². The SMILES string of the molecule is CC(=O)NCc1cc2cc(Cl)c(-c3cnc(C4CC4)nc3)cc2[nH]1. The lowest BCUT2D eigenvalue weighted by Crippen LogP contribution is -2.18. The summed E-state index contributed by atoms with van der Waals surface area (Å²) in [5, 5.41) is 4.46. The summed E-state index contributed by atoms with van der Waals surface area (Å²) < 4.78 is 0. The molecule has 0 atom stereocenters. The molecule has 2 N–H and O–H groups in total. The van der Waals surface area contributed by atoms with Crippen molar-refractivity contribution in [3.63, 3.8) is 0 Å². The third-order valence-corrected chi connectivity index (χ3v) is 4.53. The zero-order chi connectivity index (χ0) is 16.7. The van der Waals surface area contributed by atoms with Crippen LogP contribution in [0.15, 0.2) is 30.6 Å². The summed E-state index contributed by atoms with van der Waals surface area (Å²) in [6.07, 6.45) is 6.06. The number of nitrogens with one attached hydrogen (secondary N) is 2. The second kappa shape index (κ2) is 5.91. The van der Waals surface area contributed by atoms with E-state index in [0.29, 0.717) is 17.5 Å². The molecular weight excluding hydrogens is 324 g/mol. The van der Waals surface area contributed by atoms with Gasteiger partial charge in [-0.05, 0) is 31.0 Å². The van der Waals surface area contributed by atoms with E-state index in [2.05, 4.69) is 20.3 Å². The van der Waals surface area contributed by atoms with Gasteiger partial charge in [-0.15, -0.1) is 0 Å². The van der Waals surface area contributed by atoms with E-state index in [4.69, 9.17) is 11.6 Å². The van der Waals surface area contributed by atoms with Gasteiger partial charge >= 0.3 is 0 Å². The van der Waals surface area contributed by atoms with Crippen LogP contribution >= 0.6 is 11.6 Å². The van der Waals surface area contributed by atoms with Crippen molar-refractivity contribution in [2.45, 2.75) is 32.2 Å². The quantitative estimate of drug-likeness (QED) is 0.759. The van der Waals surface area contributed by atoms with Crippen molar-refractivity contribution in [2.75, 3.05) is 0 Å². The van der Waals surface area contributed by atoms with E-state index in [9.17, 15) is 4.79 Å². The number of halogens is 1. The Bertz CT molecular complexity index is 913. The largest absolute Gasteiger partial charge is 0.357 e. The molecule has 5 nitrogen and oxygen atoms in total. The Balaban J connectivity index is 1.67. The second-order valence-electron chi connectivity index (χ2n) is 6.23. The molecule has 6 heteroatoms. The monoisotopic (exact) mass is 340 g/mol. The number of hydrogen-bond donors (Lipinski definition) is 2. The first-order valence-corrected chi connectivity index (χ1v) is 8.36. The fourth-order valence-electron chi connectivity index (χ4n) is 2.78. The molecule has 3 aromatic rings. The van der Waals surface area contributed by atoms with Crippen molar-refractivity contribution in [3.05, 3.63) is 47.1 Å². The first-order chi connectivity index (χ1) is 11.6. The molecule has 0 radical (unpaired) electrons. The smallest absolute Gasteiger partial charge is 0.217 e. The van der Waals surface area contributed by atoms with Gasteiger partial charge in [0.15, 0.2) is 0 Å². The highest BCUT2D eigenvalue weighted by molar-refractivity contribution is 6.34. The molecule has 2 aromatic heterocycles. The Morgan fingerprint density at radius 3 is 2.71 bits per heavy atom. The summed E-state index contributed by atoms with van der Waals surface area (Å²) in [5.74, 6) is 1.41. The fourth-order valence-corrected chi connectivity index (χ4v) is 3.06. The Kier molecular flexibility index (Phi) is 3.73. The molecule has 24 heavy (non-hydrogen) atoms. The molecule has 1 fully saturated rings. The minimum atomic E-state index is -0.0553. The Hall–Kier alpha value is -2.40. The van der Waals surface area contributed by atoms with E-state index in [1.165, 1.54) is 19.8 Å². The maximum absolute atomic E-state index is 11.0. The van der Waals surface area contributed by atoms with Crippen LogP contribution in [0.25, 0.3) is 22.0 Å². The van der Waals surface area contributed by atoms with Crippen molar-refractivity contribution in [3.8, 4) is 11.1 Å². The molecule has 0 saturated heterocycles. The van der Waals surface area contributed by atoms with Crippen LogP contribution in [0.3, 0.4) is 0 Å². The molecule has 1 saturated carbocycles. The summed E-state index contributed by atoms with van der Waals surface area (Å²) in [6.45, 7) is 1.97. The van der Waals surface area contributed by atoms with Gasteiger partial charge in [0.05, 0.1) is 6.54 Å². The number of hydrogen-bond acceptors (Lipinski definition) is 3. The number of fused-ring (bicyclic) bond motifs is 1. The van der Waals surface area contributed by atoms with Gasteiger partial charge in [0.1, 0.15) is 5.82 Å². The third kappa shape index (κ3) is 2.99. The van der Waals surface area contributed by atoms with Crippen LogP contribution in [0.4, 0.5) is 0 Å². The van der Waals surface area contributed by atoms with Crippen LogP contribution < -0.4 is 5.32 Å². The summed E-state index contributed by atoms with van der Waals surface area (Å²) in [4.78, 5) is 23.3.